The van der Waals surface area contributed by atoms with Gasteiger partial charge in [-0.15, -0.1) is 0 Å². The molecular weight excluding hydrogens is 306 g/mol. The Balaban J connectivity index is 0.000000268. The molecule has 5 N–H and O–H groups in total. The van der Waals surface area contributed by atoms with Crippen LogP contribution >= 0.6 is 0 Å². The Kier molecular flexibility index (Phi) is 5.88. The molecule has 9 nitrogen and oxygen atoms in total. The van der Waals surface area contributed by atoms with Crippen LogP contribution in [0.2, 0.25) is 0 Å². The van der Waals surface area contributed by atoms with Crippen molar-refractivity contribution in [1.29, 1.82) is 0 Å². The zero-order valence-electron chi connectivity index (χ0n) is 12.2. The number of aliphatic hydroxyl groups excluding tert-OH is 3. The van der Waals surface area contributed by atoms with Crippen LogP contribution in [0.1, 0.15) is 6.23 Å². The predicted molar refractivity (Wildman–Crippen MR) is 80.2 cm³/mol. The first kappa shape index (κ1) is 17.2. The maximum Gasteiger partial charge on any atom is 0.351 e. The van der Waals surface area contributed by atoms with Gasteiger partial charge in [0.05, 0.1) is 12.9 Å². The Morgan fingerprint density at radius 3 is 2.57 bits per heavy atom. The third kappa shape index (κ3) is 4.17. The molecule has 1 fully saturated rings. The van der Waals surface area contributed by atoms with Crippen molar-refractivity contribution in [2.75, 3.05) is 18.9 Å². The molecule has 0 aliphatic carbocycles. The smallest absolute Gasteiger partial charge is 0.351 e. The lowest BCUT2D eigenvalue weighted by Crippen LogP contribution is -2.36. The minimum Gasteiger partial charge on any atom is -0.497 e. The van der Waals surface area contributed by atoms with E-state index in [4.69, 9.17) is 20.3 Å². The number of aliphatic hydroxyl groups is 3. The molecule has 126 valence electrons. The number of hydrogen-bond acceptors (Lipinski definition) is 8. The molecule has 1 aromatic heterocycles. The highest BCUT2D eigenvalue weighted by atomic mass is 16.6. The Bertz CT molecular complexity index is 617. The summed E-state index contributed by atoms with van der Waals surface area (Å²) in [7, 11) is 0. The van der Waals surface area contributed by atoms with Gasteiger partial charge in [-0.2, -0.15) is 4.98 Å². The largest absolute Gasteiger partial charge is 0.497 e. The summed E-state index contributed by atoms with van der Waals surface area (Å²) in [6.07, 6.45) is 4.20. The quantitative estimate of drug-likeness (QED) is 0.516. The fraction of sp³-hybridized carbons (Fsp3) is 0.429. The van der Waals surface area contributed by atoms with Gasteiger partial charge < -0.3 is 30.5 Å². The number of anilines is 1. The van der Waals surface area contributed by atoms with Gasteiger partial charge in [-0.3, -0.25) is 4.57 Å². The van der Waals surface area contributed by atoms with Gasteiger partial charge in [0.2, 0.25) is 0 Å². The van der Waals surface area contributed by atoms with Crippen molar-refractivity contribution in [3.8, 4) is 0 Å². The van der Waals surface area contributed by atoms with Gasteiger partial charge in [0.15, 0.2) is 6.23 Å². The molecular formula is C14H19N3O6. The zero-order valence-corrected chi connectivity index (χ0v) is 12.2. The highest BCUT2D eigenvalue weighted by Crippen LogP contribution is 2.27. The van der Waals surface area contributed by atoms with Crippen LogP contribution in [0, 0.1) is 0 Å². The lowest BCUT2D eigenvalue weighted by molar-refractivity contribution is -0.0549. The van der Waals surface area contributed by atoms with E-state index in [-0.39, 0.29) is 5.82 Å². The summed E-state index contributed by atoms with van der Waals surface area (Å²) in [4.78, 5) is 15.0. The van der Waals surface area contributed by atoms with Crippen LogP contribution in [0.3, 0.4) is 0 Å². The third-order valence-corrected chi connectivity index (χ3v) is 3.26. The minimum atomic E-state index is -1.31. The molecule has 3 rings (SSSR count). The van der Waals surface area contributed by atoms with E-state index in [2.05, 4.69) is 4.98 Å². The topological polar surface area (TPSA) is 140 Å². The fourth-order valence-electron chi connectivity index (χ4n) is 2.08. The van der Waals surface area contributed by atoms with Crippen LogP contribution in [0.5, 0.6) is 0 Å². The molecule has 4 atom stereocenters. The van der Waals surface area contributed by atoms with E-state index >= 15 is 0 Å². The molecule has 0 radical (unpaired) electrons. The van der Waals surface area contributed by atoms with Crippen LogP contribution in [-0.2, 0) is 9.47 Å². The molecule has 1 saturated heterocycles. The SMILES string of the molecule is C1=CCOC=C1.Nc1ccn([C@@H]2O[C@H](CO)[C@@H](O)[C@H]2O)c(=O)n1. The normalized spacial score (nSPS) is 28.8. The number of aromatic nitrogens is 2. The molecule has 2 aliphatic rings. The molecule has 0 saturated carbocycles. The van der Waals surface area contributed by atoms with Crippen LogP contribution in [0.25, 0.3) is 0 Å². The van der Waals surface area contributed by atoms with E-state index in [1.54, 1.807) is 6.26 Å². The summed E-state index contributed by atoms with van der Waals surface area (Å²) in [5.41, 5.74) is 4.63. The predicted octanol–water partition coefficient (Wildman–Crippen LogP) is -1.48. The second-order valence-electron chi connectivity index (χ2n) is 4.86. The van der Waals surface area contributed by atoms with Crippen molar-refractivity contribution in [2.45, 2.75) is 24.5 Å². The van der Waals surface area contributed by atoms with E-state index in [0.29, 0.717) is 0 Å². The van der Waals surface area contributed by atoms with E-state index in [0.717, 1.165) is 11.2 Å². The maximum atomic E-state index is 11.5. The lowest BCUT2D eigenvalue weighted by Gasteiger charge is -2.16. The van der Waals surface area contributed by atoms with Gasteiger partial charge in [-0.25, -0.2) is 4.79 Å². The van der Waals surface area contributed by atoms with Gasteiger partial charge in [0.1, 0.15) is 30.7 Å². The first-order valence-electron chi connectivity index (χ1n) is 6.95. The number of ether oxygens (including phenoxy) is 2. The molecule has 0 spiro atoms. The molecule has 0 bridgehead atoms. The van der Waals surface area contributed by atoms with Crippen molar-refractivity contribution in [3.05, 3.63) is 47.2 Å². The molecule has 0 amide bonds. The standard InChI is InChI=1S/C9H13N3O5.C5H6O/c10-5-1-2-12(9(16)11-5)8-7(15)6(14)4(3-13)17-8;1-2-4-6-5-3-1/h1-2,4,6-8,13-15H,3H2,(H2,10,11,16);1-4H,5H2/t4-,6-,7-,8-;/m1./s1. The van der Waals surface area contributed by atoms with E-state index < -0.39 is 36.8 Å². The second-order valence-corrected chi connectivity index (χ2v) is 4.86. The molecule has 2 aliphatic heterocycles. The van der Waals surface area contributed by atoms with Gasteiger partial charge in [0, 0.05) is 6.20 Å². The summed E-state index contributed by atoms with van der Waals surface area (Å²) in [5.74, 6) is 0.0537. The summed E-state index contributed by atoms with van der Waals surface area (Å²) in [5, 5.41) is 28.2. The summed E-state index contributed by atoms with van der Waals surface area (Å²) in [6, 6.07) is 1.37. The highest BCUT2D eigenvalue weighted by Gasteiger charge is 2.43. The molecule has 23 heavy (non-hydrogen) atoms. The Labute approximate surface area is 131 Å². The number of nitrogens with two attached hydrogens (primary N) is 1. The molecule has 3 heterocycles. The Hall–Kier alpha value is -2.20. The average Bonchev–Trinajstić information content (AvgIpc) is 2.85. The van der Waals surface area contributed by atoms with Crippen LogP contribution in [0.15, 0.2) is 41.5 Å². The van der Waals surface area contributed by atoms with Crippen LogP contribution in [0.4, 0.5) is 5.82 Å². The van der Waals surface area contributed by atoms with E-state index in [9.17, 15) is 15.0 Å². The first-order chi connectivity index (χ1) is 11.0. The highest BCUT2D eigenvalue weighted by molar-refractivity contribution is 5.23. The molecule has 9 heteroatoms. The number of rotatable bonds is 2. The first-order valence-corrected chi connectivity index (χ1v) is 6.95. The molecule has 0 aromatic carbocycles. The van der Waals surface area contributed by atoms with Crippen LogP contribution < -0.4 is 11.4 Å². The van der Waals surface area contributed by atoms with E-state index in [1.165, 1.54) is 12.3 Å². The number of nitrogens with zero attached hydrogens (tertiary/aromatic N) is 2. The van der Waals surface area contributed by atoms with Crippen molar-refractivity contribution in [1.82, 2.24) is 9.55 Å². The lowest BCUT2D eigenvalue weighted by atomic mass is 10.1. The van der Waals surface area contributed by atoms with Gasteiger partial charge in [-0.1, -0.05) is 6.08 Å². The average molecular weight is 325 g/mol. The van der Waals surface area contributed by atoms with Gasteiger partial charge in [0.25, 0.3) is 0 Å². The third-order valence-electron chi connectivity index (χ3n) is 3.26. The minimum absolute atomic E-state index is 0.0537. The summed E-state index contributed by atoms with van der Waals surface area (Å²) < 4.78 is 11.0. The van der Waals surface area contributed by atoms with Gasteiger partial charge in [-0.05, 0) is 18.2 Å². The fourth-order valence-corrected chi connectivity index (χ4v) is 2.08. The number of hydrogen-bond donors (Lipinski definition) is 4. The number of allylic oxidation sites excluding steroid dienone is 2. The molecule has 0 unspecified atom stereocenters. The maximum absolute atomic E-state index is 11.5. The van der Waals surface area contributed by atoms with Crippen molar-refractivity contribution in [2.24, 2.45) is 0 Å². The summed E-state index contributed by atoms with van der Waals surface area (Å²) in [6.45, 7) is 0.280. The van der Waals surface area contributed by atoms with Crippen molar-refractivity contribution >= 4 is 5.82 Å². The molecule has 1 aromatic rings. The second kappa shape index (κ2) is 7.88. The monoisotopic (exact) mass is 325 g/mol. The van der Waals surface area contributed by atoms with Crippen LogP contribution in [-0.4, -0.2) is 56.4 Å². The number of nitrogen functional groups attached to an aromatic ring is 1. The zero-order chi connectivity index (χ0) is 16.8. The van der Waals surface area contributed by atoms with Crippen molar-refractivity contribution < 1.29 is 24.8 Å². The summed E-state index contributed by atoms with van der Waals surface area (Å²) >= 11 is 0. The van der Waals surface area contributed by atoms with Crippen molar-refractivity contribution in [3.63, 3.8) is 0 Å². The Morgan fingerprint density at radius 2 is 2.13 bits per heavy atom. The Morgan fingerprint density at radius 1 is 1.35 bits per heavy atom. The van der Waals surface area contributed by atoms with Gasteiger partial charge >= 0.3 is 5.69 Å². The van der Waals surface area contributed by atoms with E-state index in [1.807, 2.05) is 18.2 Å².